The summed E-state index contributed by atoms with van der Waals surface area (Å²) in [7, 11) is 0. The third-order valence-corrected chi connectivity index (χ3v) is 2.95. The Balaban J connectivity index is 2.06. The van der Waals surface area contributed by atoms with Crippen LogP contribution in [-0.4, -0.2) is 17.0 Å². The number of carboxylic acids is 1. The van der Waals surface area contributed by atoms with Gasteiger partial charge < -0.3 is 10.4 Å². The zero-order chi connectivity index (χ0) is 15.2. The van der Waals surface area contributed by atoms with Crippen molar-refractivity contribution in [2.45, 2.75) is 0 Å². The van der Waals surface area contributed by atoms with E-state index in [2.05, 4.69) is 5.32 Å². The van der Waals surface area contributed by atoms with Crippen LogP contribution in [0.4, 0.5) is 5.69 Å². The number of halogens is 1. The van der Waals surface area contributed by atoms with Crippen LogP contribution in [0.1, 0.15) is 15.9 Å². The van der Waals surface area contributed by atoms with E-state index in [9.17, 15) is 9.59 Å². The molecule has 106 valence electrons. The van der Waals surface area contributed by atoms with Crippen molar-refractivity contribution < 1.29 is 14.7 Å². The van der Waals surface area contributed by atoms with E-state index in [4.69, 9.17) is 16.7 Å². The van der Waals surface area contributed by atoms with E-state index in [1.54, 1.807) is 48.5 Å². The number of carbonyl (C=O) groups is 2. The number of carboxylic acid groups (broad SMARTS) is 1. The lowest BCUT2D eigenvalue weighted by atomic mass is 10.1. The lowest BCUT2D eigenvalue weighted by Crippen LogP contribution is -2.11. The summed E-state index contributed by atoms with van der Waals surface area (Å²) in [5.41, 5.74) is 1.84. The SMILES string of the molecule is O=C(O)C=Cc1ccc(C(=O)Nc2ccc(Cl)cc2)cc1. The van der Waals surface area contributed by atoms with E-state index in [-0.39, 0.29) is 5.91 Å². The Kier molecular flexibility index (Phi) is 4.74. The molecule has 5 heteroatoms. The summed E-state index contributed by atoms with van der Waals surface area (Å²) in [6.07, 6.45) is 2.51. The second-order valence-electron chi connectivity index (χ2n) is 4.25. The predicted octanol–water partition coefficient (Wildman–Crippen LogP) is 3.69. The molecule has 0 atom stereocenters. The van der Waals surface area contributed by atoms with E-state index < -0.39 is 5.97 Å². The molecule has 21 heavy (non-hydrogen) atoms. The predicted molar refractivity (Wildman–Crippen MR) is 82.5 cm³/mol. The molecule has 0 unspecified atom stereocenters. The van der Waals surface area contributed by atoms with Crippen LogP contribution in [0.2, 0.25) is 5.02 Å². The Morgan fingerprint density at radius 1 is 1.00 bits per heavy atom. The average Bonchev–Trinajstić information content (AvgIpc) is 2.48. The Morgan fingerprint density at radius 2 is 1.62 bits per heavy atom. The van der Waals surface area contributed by atoms with Crippen LogP contribution in [0.3, 0.4) is 0 Å². The Morgan fingerprint density at radius 3 is 2.19 bits per heavy atom. The minimum Gasteiger partial charge on any atom is -0.478 e. The van der Waals surface area contributed by atoms with Gasteiger partial charge >= 0.3 is 5.97 Å². The zero-order valence-electron chi connectivity index (χ0n) is 10.9. The van der Waals surface area contributed by atoms with Crippen LogP contribution < -0.4 is 5.32 Å². The maximum atomic E-state index is 12.0. The van der Waals surface area contributed by atoms with Crippen LogP contribution in [0.5, 0.6) is 0 Å². The highest BCUT2D eigenvalue weighted by Crippen LogP contribution is 2.15. The molecule has 0 aliphatic rings. The van der Waals surface area contributed by atoms with E-state index in [0.29, 0.717) is 21.8 Å². The number of rotatable bonds is 4. The number of hydrogen-bond acceptors (Lipinski definition) is 2. The summed E-state index contributed by atoms with van der Waals surface area (Å²) in [5.74, 6) is -1.26. The van der Waals surface area contributed by atoms with Gasteiger partial charge in [0, 0.05) is 22.3 Å². The van der Waals surface area contributed by atoms with Crippen molar-refractivity contribution in [1.29, 1.82) is 0 Å². The second-order valence-corrected chi connectivity index (χ2v) is 4.69. The van der Waals surface area contributed by atoms with Gasteiger partial charge in [0.15, 0.2) is 0 Å². The Hall–Kier alpha value is -2.59. The zero-order valence-corrected chi connectivity index (χ0v) is 11.7. The first kappa shape index (κ1) is 14.8. The Labute approximate surface area is 126 Å². The van der Waals surface area contributed by atoms with E-state index in [1.807, 2.05) is 0 Å². The smallest absolute Gasteiger partial charge is 0.328 e. The number of nitrogens with one attached hydrogen (secondary N) is 1. The molecule has 2 rings (SSSR count). The molecule has 0 aromatic heterocycles. The average molecular weight is 302 g/mol. The highest BCUT2D eigenvalue weighted by Gasteiger charge is 2.05. The summed E-state index contributed by atoms with van der Waals surface area (Å²) in [6.45, 7) is 0. The topological polar surface area (TPSA) is 66.4 Å². The summed E-state index contributed by atoms with van der Waals surface area (Å²) in [4.78, 5) is 22.4. The molecular weight excluding hydrogens is 290 g/mol. The maximum Gasteiger partial charge on any atom is 0.328 e. The summed E-state index contributed by atoms with van der Waals surface area (Å²) in [6, 6.07) is 13.4. The van der Waals surface area contributed by atoms with Gasteiger partial charge in [-0.05, 0) is 48.0 Å². The molecule has 2 N–H and O–H groups in total. The van der Waals surface area contributed by atoms with Gasteiger partial charge in [0.2, 0.25) is 0 Å². The lowest BCUT2D eigenvalue weighted by Gasteiger charge is -2.05. The fourth-order valence-electron chi connectivity index (χ4n) is 1.65. The molecule has 0 aliphatic heterocycles. The van der Waals surface area contributed by atoms with Crippen molar-refractivity contribution in [2.24, 2.45) is 0 Å². The molecule has 4 nitrogen and oxygen atoms in total. The van der Waals surface area contributed by atoms with E-state index in [0.717, 1.165) is 6.08 Å². The van der Waals surface area contributed by atoms with Gasteiger partial charge in [-0.15, -0.1) is 0 Å². The fourth-order valence-corrected chi connectivity index (χ4v) is 1.78. The van der Waals surface area contributed by atoms with Crippen molar-refractivity contribution in [3.05, 3.63) is 70.8 Å². The van der Waals surface area contributed by atoms with Crippen LogP contribution in [0.25, 0.3) is 6.08 Å². The first-order chi connectivity index (χ1) is 10.0. The molecule has 0 saturated carbocycles. The second kappa shape index (κ2) is 6.72. The number of benzene rings is 2. The minimum atomic E-state index is -1.01. The first-order valence-electron chi connectivity index (χ1n) is 6.12. The largest absolute Gasteiger partial charge is 0.478 e. The summed E-state index contributed by atoms with van der Waals surface area (Å²) >= 11 is 5.77. The number of carbonyl (C=O) groups excluding carboxylic acids is 1. The number of anilines is 1. The van der Waals surface area contributed by atoms with Gasteiger partial charge in [0.1, 0.15) is 0 Å². The van der Waals surface area contributed by atoms with Crippen molar-refractivity contribution >= 4 is 35.2 Å². The molecule has 0 aliphatic carbocycles. The van der Waals surface area contributed by atoms with Crippen LogP contribution in [-0.2, 0) is 4.79 Å². The molecule has 0 spiro atoms. The summed E-state index contributed by atoms with van der Waals surface area (Å²) < 4.78 is 0. The maximum absolute atomic E-state index is 12.0. The van der Waals surface area contributed by atoms with Crippen molar-refractivity contribution in [3.8, 4) is 0 Å². The molecular formula is C16H12ClNO3. The molecule has 0 fully saturated rings. The lowest BCUT2D eigenvalue weighted by molar-refractivity contribution is -0.131. The highest BCUT2D eigenvalue weighted by molar-refractivity contribution is 6.30. The summed E-state index contributed by atoms with van der Waals surface area (Å²) in [5, 5.41) is 11.9. The van der Waals surface area contributed by atoms with Gasteiger partial charge in [0.05, 0.1) is 0 Å². The highest BCUT2D eigenvalue weighted by atomic mass is 35.5. The molecule has 2 aromatic carbocycles. The van der Waals surface area contributed by atoms with Crippen LogP contribution >= 0.6 is 11.6 Å². The van der Waals surface area contributed by atoms with Gasteiger partial charge in [-0.3, -0.25) is 4.79 Å². The van der Waals surface area contributed by atoms with Crippen molar-refractivity contribution in [2.75, 3.05) is 5.32 Å². The van der Waals surface area contributed by atoms with Gasteiger partial charge in [0.25, 0.3) is 5.91 Å². The normalized spacial score (nSPS) is 10.5. The van der Waals surface area contributed by atoms with Gasteiger partial charge in [-0.2, -0.15) is 0 Å². The molecule has 2 aromatic rings. The van der Waals surface area contributed by atoms with Crippen LogP contribution in [0, 0.1) is 0 Å². The van der Waals surface area contributed by atoms with E-state index in [1.165, 1.54) is 6.08 Å². The first-order valence-corrected chi connectivity index (χ1v) is 6.50. The monoisotopic (exact) mass is 301 g/mol. The Bertz CT molecular complexity index is 676. The van der Waals surface area contributed by atoms with Gasteiger partial charge in [-0.25, -0.2) is 4.79 Å². The minimum absolute atomic E-state index is 0.244. The van der Waals surface area contributed by atoms with Crippen molar-refractivity contribution in [3.63, 3.8) is 0 Å². The quantitative estimate of drug-likeness (QED) is 0.846. The third-order valence-electron chi connectivity index (χ3n) is 2.69. The van der Waals surface area contributed by atoms with Gasteiger partial charge in [-0.1, -0.05) is 23.7 Å². The standard InChI is InChI=1S/C16H12ClNO3/c17-13-6-8-14(9-7-13)18-16(21)12-4-1-11(2-5-12)3-10-15(19)20/h1-10H,(H,18,21)(H,19,20). The molecule has 0 heterocycles. The third kappa shape index (κ3) is 4.47. The van der Waals surface area contributed by atoms with E-state index >= 15 is 0 Å². The molecule has 1 amide bonds. The van der Waals surface area contributed by atoms with Crippen molar-refractivity contribution in [1.82, 2.24) is 0 Å². The number of aliphatic carboxylic acids is 1. The molecule has 0 saturated heterocycles. The fraction of sp³-hybridized carbons (Fsp3) is 0. The van der Waals surface area contributed by atoms with Crippen LogP contribution in [0.15, 0.2) is 54.6 Å². The number of amides is 1. The molecule has 0 radical (unpaired) electrons. The molecule has 0 bridgehead atoms. The number of hydrogen-bond donors (Lipinski definition) is 2.